The van der Waals surface area contributed by atoms with Gasteiger partial charge in [0.05, 0.1) is 0 Å². The standard InChI is InChI=1S/C13H17BrO.CH2O2/c14-13-6-4-11(5-7-13)12-3-1-2-10(8-12)9-15;2-1-3/h4-7,10,12,15H,1-3,8-9H2;1H,(H,2,3). The number of carbonyl (C=O) groups is 1. The van der Waals surface area contributed by atoms with Crippen LogP contribution >= 0.6 is 15.9 Å². The first-order valence-electron chi connectivity index (χ1n) is 6.15. The van der Waals surface area contributed by atoms with Crippen LogP contribution in [0.1, 0.15) is 37.2 Å². The molecule has 0 saturated heterocycles. The molecule has 18 heavy (non-hydrogen) atoms. The summed E-state index contributed by atoms with van der Waals surface area (Å²) in [5.41, 5.74) is 1.43. The molecule has 3 nitrogen and oxygen atoms in total. The zero-order valence-corrected chi connectivity index (χ0v) is 11.8. The zero-order valence-electron chi connectivity index (χ0n) is 10.3. The van der Waals surface area contributed by atoms with Gasteiger partial charge in [0.1, 0.15) is 0 Å². The molecule has 0 radical (unpaired) electrons. The second-order valence-electron chi connectivity index (χ2n) is 4.57. The molecule has 4 heteroatoms. The molecule has 0 aliphatic heterocycles. The Bertz CT molecular complexity index is 351. The SMILES string of the molecule is O=CO.OCC1CCCC(c2ccc(Br)cc2)C1. The van der Waals surface area contributed by atoms with Gasteiger partial charge >= 0.3 is 0 Å². The summed E-state index contributed by atoms with van der Waals surface area (Å²) in [4.78, 5) is 8.36. The van der Waals surface area contributed by atoms with Crippen LogP contribution in [0, 0.1) is 5.92 Å². The molecule has 0 amide bonds. The van der Waals surface area contributed by atoms with E-state index in [4.69, 9.17) is 9.90 Å². The minimum atomic E-state index is -0.250. The first-order valence-corrected chi connectivity index (χ1v) is 6.94. The lowest BCUT2D eigenvalue weighted by Gasteiger charge is -2.28. The highest BCUT2D eigenvalue weighted by atomic mass is 79.9. The average Bonchev–Trinajstić information content (AvgIpc) is 2.40. The van der Waals surface area contributed by atoms with Crippen molar-refractivity contribution in [3.63, 3.8) is 0 Å². The highest BCUT2D eigenvalue weighted by Crippen LogP contribution is 2.36. The topological polar surface area (TPSA) is 57.5 Å². The smallest absolute Gasteiger partial charge is 0.290 e. The van der Waals surface area contributed by atoms with E-state index in [0.717, 1.165) is 10.9 Å². The maximum Gasteiger partial charge on any atom is 0.290 e. The van der Waals surface area contributed by atoms with Gasteiger partial charge in [0.15, 0.2) is 0 Å². The predicted octanol–water partition coefficient (Wildman–Crippen LogP) is 3.42. The van der Waals surface area contributed by atoms with Crippen molar-refractivity contribution in [3.8, 4) is 0 Å². The van der Waals surface area contributed by atoms with Crippen LogP contribution in [0.2, 0.25) is 0 Å². The highest BCUT2D eigenvalue weighted by Gasteiger charge is 2.22. The quantitative estimate of drug-likeness (QED) is 0.822. The number of hydrogen-bond donors (Lipinski definition) is 2. The Morgan fingerprint density at radius 2 is 1.89 bits per heavy atom. The van der Waals surface area contributed by atoms with Crippen LogP contribution in [-0.4, -0.2) is 23.3 Å². The van der Waals surface area contributed by atoms with Crippen molar-refractivity contribution in [1.29, 1.82) is 0 Å². The Labute approximate surface area is 116 Å². The molecule has 100 valence electrons. The molecular weight excluding hydrogens is 296 g/mol. The number of hydrogen-bond acceptors (Lipinski definition) is 2. The van der Waals surface area contributed by atoms with E-state index in [1.165, 1.54) is 24.8 Å². The molecule has 0 heterocycles. The molecule has 0 bridgehead atoms. The Morgan fingerprint density at radius 1 is 1.28 bits per heavy atom. The molecule has 0 aromatic heterocycles. The fourth-order valence-electron chi connectivity index (χ4n) is 2.49. The third kappa shape index (κ3) is 4.78. The van der Waals surface area contributed by atoms with Gasteiger partial charge < -0.3 is 10.2 Å². The summed E-state index contributed by atoms with van der Waals surface area (Å²) in [5.74, 6) is 1.18. The van der Waals surface area contributed by atoms with Crippen molar-refractivity contribution in [2.24, 2.45) is 5.92 Å². The van der Waals surface area contributed by atoms with Crippen LogP contribution in [0.5, 0.6) is 0 Å². The molecule has 1 fully saturated rings. The summed E-state index contributed by atoms with van der Waals surface area (Å²) in [5, 5.41) is 16.1. The fourth-order valence-corrected chi connectivity index (χ4v) is 2.76. The van der Waals surface area contributed by atoms with Gasteiger partial charge in [0.2, 0.25) is 0 Å². The Hall–Kier alpha value is -0.870. The summed E-state index contributed by atoms with van der Waals surface area (Å²) in [7, 11) is 0. The maximum atomic E-state index is 9.19. The summed E-state index contributed by atoms with van der Waals surface area (Å²) < 4.78 is 1.14. The second-order valence-corrected chi connectivity index (χ2v) is 5.48. The summed E-state index contributed by atoms with van der Waals surface area (Å²) >= 11 is 3.45. The number of halogens is 1. The average molecular weight is 315 g/mol. The third-order valence-electron chi connectivity index (χ3n) is 3.38. The molecule has 2 unspecified atom stereocenters. The number of carboxylic acid groups (broad SMARTS) is 1. The summed E-state index contributed by atoms with van der Waals surface area (Å²) in [6.45, 7) is 0.104. The van der Waals surface area contributed by atoms with Gasteiger partial charge in [-0.25, -0.2) is 0 Å². The van der Waals surface area contributed by atoms with E-state index in [0.29, 0.717) is 18.4 Å². The van der Waals surface area contributed by atoms with Gasteiger partial charge in [0, 0.05) is 11.1 Å². The Kier molecular flexibility index (Phi) is 6.98. The maximum absolute atomic E-state index is 9.19. The second kappa shape index (κ2) is 8.27. The van der Waals surface area contributed by atoms with Gasteiger partial charge in [-0.2, -0.15) is 0 Å². The molecule has 2 rings (SSSR count). The van der Waals surface area contributed by atoms with E-state index >= 15 is 0 Å². The van der Waals surface area contributed by atoms with Crippen LogP contribution in [-0.2, 0) is 4.79 Å². The van der Waals surface area contributed by atoms with Crippen molar-refractivity contribution in [2.75, 3.05) is 6.61 Å². The lowest BCUT2D eigenvalue weighted by Crippen LogP contribution is -2.17. The van der Waals surface area contributed by atoms with E-state index in [1.54, 1.807) is 0 Å². The van der Waals surface area contributed by atoms with E-state index in [-0.39, 0.29) is 6.47 Å². The molecule has 0 spiro atoms. The van der Waals surface area contributed by atoms with Gasteiger partial charge in [-0.1, -0.05) is 34.5 Å². The number of aliphatic hydroxyl groups is 1. The van der Waals surface area contributed by atoms with E-state index in [9.17, 15) is 5.11 Å². The molecule has 2 N–H and O–H groups in total. The first-order chi connectivity index (χ1) is 8.71. The van der Waals surface area contributed by atoms with Gasteiger partial charge in [-0.05, 0) is 48.8 Å². The van der Waals surface area contributed by atoms with Crippen LogP contribution in [0.4, 0.5) is 0 Å². The molecule has 1 aliphatic carbocycles. The Morgan fingerprint density at radius 3 is 2.44 bits per heavy atom. The number of rotatable bonds is 2. The van der Waals surface area contributed by atoms with Crippen LogP contribution in [0.25, 0.3) is 0 Å². The monoisotopic (exact) mass is 314 g/mol. The summed E-state index contributed by atoms with van der Waals surface area (Å²) in [6.07, 6.45) is 4.88. The lowest BCUT2D eigenvalue weighted by atomic mass is 9.78. The van der Waals surface area contributed by atoms with Gasteiger partial charge in [-0.3, -0.25) is 4.79 Å². The van der Waals surface area contributed by atoms with Crippen LogP contribution in [0.3, 0.4) is 0 Å². The van der Waals surface area contributed by atoms with E-state index in [1.807, 2.05) is 0 Å². The molecular formula is C14H19BrO3. The van der Waals surface area contributed by atoms with E-state index in [2.05, 4.69) is 40.2 Å². The number of benzene rings is 1. The lowest BCUT2D eigenvalue weighted by molar-refractivity contribution is -0.122. The van der Waals surface area contributed by atoms with Crippen molar-refractivity contribution >= 4 is 22.4 Å². The van der Waals surface area contributed by atoms with Crippen molar-refractivity contribution in [3.05, 3.63) is 34.3 Å². The molecule has 1 aromatic rings. The first kappa shape index (κ1) is 15.2. The van der Waals surface area contributed by atoms with Gasteiger partial charge in [-0.15, -0.1) is 0 Å². The minimum Gasteiger partial charge on any atom is -0.483 e. The predicted molar refractivity (Wildman–Crippen MR) is 74.6 cm³/mol. The number of aliphatic hydroxyl groups excluding tert-OH is 1. The minimum absolute atomic E-state index is 0.250. The van der Waals surface area contributed by atoms with Crippen molar-refractivity contribution in [2.45, 2.75) is 31.6 Å². The van der Waals surface area contributed by atoms with Crippen molar-refractivity contribution in [1.82, 2.24) is 0 Å². The molecule has 1 aromatic carbocycles. The Balaban J connectivity index is 0.000000492. The van der Waals surface area contributed by atoms with Crippen LogP contribution < -0.4 is 0 Å². The largest absolute Gasteiger partial charge is 0.483 e. The summed E-state index contributed by atoms with van der Waals surface area (Å²) in [6, 6.07) is 8.62. The fraction of sp³-hybridized carbons (Fsp3) is 0.500. The normalized spacial score (nSPS) is 22.8. The molecule has 1 aliphatic rings. The third-order valence-corrected chi connectivity index (χ3v) is 3.91. The van der Waals surface area contributed by atoms with E-state index < -0.39 is 0 Å². The zero-order chi connectivity index (χ0) is 13.4. The van der Waals surface area contributed by atoms with Gasteiger partial charge in [0.25, 0.3) is 6.47 Å². The van der Waals surface area contributed by atoms with Crippen LogP contribution in [0.15, 0.2) is 28.7 Å². The molecule has 2 atom stereocenters. The molecule has 1 saturated carbocycles. The highest BCUT2D eigenvalue weighted by molar-refractivity contribution is 9.10. The van der Waals surface area contributed by atoms with Crippen molar-refractivity contribution < 1.29 is 15.0 Å².